The molecule has 1 fully saturated rings. The Balaban J connectivity index is 1.60. The van der Waals surface area contributed by atoms with Crippen LogP contribution in [0.5, 0.6) is 5.75 Å². The van der Waals surface area contributed by atoms with E-state index in [4.69, 9.17) is 4.74 Å². The van der Waals surface area contributed by atoms with E-state index < -0.39 is 10.0 Å². The van der Waals surface area contributed by atoms with Gasteiger partial charge in [-0.15, -0.1) is 0 Å². The summed E-state index contributed by atoms with van der Waals surface area (Å²) in [4.78, 5) is 12.3. The molecule has 0 aromatic heterocycles. The molecule has 7 heteroatoms. The number of aryl methyl sites for hydroxylation is 1. The minimum atomic E-state index is -3.51. The summed E-state index contributed by atoms with van der Waals surface area (Å²) in [7, 11) is -3.51. The van der Waals surface area contributed by atoms with Crippen LogP contribution in [0.15, 0.2) is 53.4 Å². The van der Waals surface area contributed by atoms with E-state index in [1.165, 1.54) is 12.1 Å². The van der Waals surface area contributed by atoms with Gasteiger partial charge in [0.05, 0.1) is 4.90 Å². The zero-order valence-corrected chi connectivity index (χ0v) is 17.0. The molecule has 28 heavy (non-hydrogen) atoms. The first kappa shape index (κ1) is 20.4. The summed E-state index contributed by atoms with van der Waals surface area (Å²) in [6, 6.07) is 13.8. The van der Waals surface area contributed by atoms with E-state index in [1.54, 1.807) is 22.5 Å². The van der Waals surface area contributed by atoms with Gasteiger partial charge in [-0.05, 0) is 68.7 Å². The molecule has 1 atom stereocenters. The van der Waals surface area contributed by atoms with Gasteiger partial charge in [0.2, 0.25) is 10.0 Å². The molecular weight excluding hydrogens is 376 g/mol. The first-order valence-electron chi connectivity index (χ1n) is 9.47. The number of nitrogens with one attached hydrogen (secondary N) is 1. The van der Waals surface area contributed by atoms with Crippen molar-refractivity contribution in [2.45, 2.75) is 44.0 Å². The molecule has 1 saturated heterocycles. The molecule has 0 unspecified atom stereocenters. The summed E-state index contributed by atoms with van der Waals surface area (Å²) in [6.07, 6.45) is 2.83. The van der Waals surface area contributed by atoms with Crippen molar-refractivity contribution in [2.24, 2.45) is 0 Å². The molecule has 3 rings (SSSR count). The summed E-state index contributed by atoms with van der Waals surface area (Å²) in [6.45, 7) is 4.33. The Labute approximate surface area is 166 Å². The van der Waals surface area contributed by atoms with E-state index in [9.17, 15) is 13.2 Å². The number of carbonyl (C=O) groups excluding carboxylic acids is 1. The number of sulfonamides is 1. The number of anilines is 1. The quantitative estimate of drug-likeness (QED) is 0.801. The zero-order valence-electron chi connectivity index (χ0n) is 16.2. The number of piperidine rings is 1. The van der Waals surface area contributed by atoms with Crippen molar-refractivity contribution < 1.29 is 17.9 Å². The smallest absolute Gasteiger partial charge is 0.262 e. The van der Waals surface area contributed by atoms with E-state index in [0.717, 1.165) is 24.8 Å². The minimum Gasteiger partial charge on any atom is -0.484 e. The van der Waals surface area contributed by atoms with Gasteiger partial charge in [0, 0.05) is 18.3 Å². The van der Waals surface area contributed by atoms with Gasteiger partial charge < -0.3 is 10.1 Å². The van der Waals surface area contributed by atoms with E-state index >= 15 is 0 Å². The molecule has 0 bridgehead atoms. The lowest BCUT2D eigenvalue weighted by Crippen LogP contribution is -2.41. The zero-order chi connectivity index (χ0) is 20.1. The average molecular weight is 403 g/mol. The second-order valence-electron chi connectivity index (χ2n) is 7.14. The van der Waals surface area contributed by atoms with Crippen LogP contribution in [0.1, 0.15) is 31.7 Å². The Morgan fingerprint density at radius 2 is 1.93 bits per heavy atom. The van der Waals surface area contributed by atoms with Crippen LogP contribution in [0.3, 0.4) is 0 Å². The number of benzene rings is 2. The molecule has 1 aliphatic heterocycles. The van der Waals surface area contributed by atoms with Crippen molar-refractivity contribution in [1.29, 1.82) is 0 Å². The molecular formula is C21H26N2O4S. The molecule has 0 aliphatic carbocycles. The number of amides is 1. The molecule has 1 amide bonds. The van der Waals surface area contributed by atoms with Crippen LogP contribution in [-0.4, -0.2) is 37.8 Å². The third-order valence-electron chi connectivity index (χ3n) is 4.85. The van der Waals surface area contributed by atoms with Crippen LogP contribution in [0.25, 0.3) is 0 Å². The van der Waals surface area contributed by atoms with Crippen LogP contribution in [0, 0.1) is 6.92 Å². The van der Waals surface area contributed by atoms with Crippen molar-refractivity contribution in [1.82, 2.24) is 4.31 Å². The lowest BCUT2D eigenvalue weighted by Gasteiger charge is -2.32. The van der Waals surface area contributed by atoms with E-state index in [1.807, 2.05) is 32.0 Å². The van der Waals surface area contributed by atoms with Crippen molar-refractivity contribution >= 4 is 21.6 Å². The Morgan fingerprint density at radius 3 is 2.61 bits per heavy atom. The molecule has 2 aromatic rings. The Hall–Kier alpha value is -2.38. The van der Waals surface area contributed by atoms with Crippen molar-refractivity contribution in [3.63, 3.8) is 0 Å². The van der Waals surface area contributed by atoms with Crippen LogP contribution in [-0.2, 0) is 14.8 Å². The van der Waals surface area contributed by atoms with Gasteiger partial charge in [0.15, 0.2) is 6.61 Å². The first-order chi connectivity index (χ1) is 13.4. The molecule has 150 valence electrons. The molecule has 2 aromatic carbocycles. The van der Waals surface area contributed by atoms with Crippen LogP contribution >= 0.6 is 0 Å². The van der Waals surface area contributed by atoms with Crippen LogP contribution in [0.2, 0.25) is 0 Å². The minimum absolute atomic E-state index is 0.0110. The highest BCUT2D eigenvalue weighted by atomic mass is 32.2. The summed E-state index contributed by atoms with van der Waals surface area (Å²) in [5.41, 5.74) is 1.58. The molecule has 6 nitrogen and oxygen atoms in total. The highest BCUT2D eigenvalue weighted by Gasteiger charge is 2.30. The number of hydrogen-bond donors (Lipinski definition) is 1. The maximum atomic E-state index is 12.8. The molecule has 0 spiro atoms. The number of rotatable bonds is 6. The Morgan fingerprint density at radius 1 is 1.18 bits per heavy atom. The van der Waals surface area contributed by atoms with Gasteiger partial charge in [-0.2, -0.15) is 4.31 Å². The third kappa shape index (κ3) is 4.91. The molecule has 1 N–H and O–H groups in total. The van der Waals surface area contributed by atoms with E-state index in [-0.39, 0.29) is 23.5 Å². The largest absolute Gasteiger partial charge is 0.484 e. The number of carbonyl (C=O) groups is 1. The standard InChI is InChI=1S/C21H26N2O4S/c1-16-6-5-8-19(14-16)27-15-21(24)22-18-9-11-20(12-10-18)28(25,26)23-13-4-3-7-17(23)2/h5-6,8-12,14,17H,3-4,7,13,15H2,1-2H3,(H,22,24)/t17-/m0/s1. The van der Waals surface area contributed by atoms with Gasteiger partial charge in [-0.3, -0.25) is 4.79 Å². The van der Waals surface area contributed by atoms with Crippen molar-refractivity contribution in [2.75, 3.05) is 18.5 Å². The lowest BCUT2D eigenvalue weighted by molar-refractivity contribution is -0.118. The highest BCUT2D eigenvalue weighted by molar-refractivity contribution is 7.89. The lowest BCUT2D eigenvalue weighted by atomic mass is 10.1. The SMILES string of the molecule is Cc1cccc(OCC(=O)Nc2ccc(S(=O)(=O)N3CCCC[C@@H]3C)cc2)c1. The Kier molecular flexibility index (Phi) is 6.36. The molecule has 0 saturated carbocycles. The fourth-order valence-corrected chi connectivity index (χ4v) is 5.03. The molecule has 0 radical (unpaired) electrons. The van der Waals surface area contributed by atoms with Gasteiger partial charge in [0.1, 0.15) is 5.75 Å². The fraction of sp³-hybridized carbons (Fsp3) is 0.381. The van der Waals surface area contributed by atoms with E-state index in [0.29, 0.717) is 18.0 Å². The predicted octanol–water partition coefficient (Wildman–Crippen LogP) is 3.58. The third-order valence-corrected chi connectivity index (χ3v) is 6.87. The summed E-state index contributed by atoms with van der Waals surface area (Å²) in [5, 5.41) is 2.72. The van der Waals surface area contributed by atoms with Crippen molar-refractivity contribution in [3.05, 3.63) is 54.1 Å². The second-order valence-corrected chi connectivity index (χ2v) is 9.03. The van der Waals surface area contributed by atoms with Crippen molar-refractivity contribution in [3.8, 4) is 5.75 Å². The maximum Gasteiger partial charge on any atom is 0.262 e. The van der Waals surface area contributed by atoms with Gasteiger partial charge in [-0.25, -0.2) is 8.42 Å². The summed E-state index contributed by atoms with van der Waals surface area (Å²) < 4.78 is 32.7. The van der Waals surface area contributed by atoms with Crippen LogP contribution < -0.4 is 10.1 Å². The predicted molar refractivity (Wildman–Crippen MR) is 109 cm³/mol. The Bertz CT molecular complexity index is 926. The number of nitrogens with zero attached hydrogens (tertiary/aromatic N) is 1. The van der Waals surface area contributed by atoms with E-state index in [2.05, 4.69) is 5.32 Å². The maximum absolute atomic E-state index is 12.8. The topological polar surface area (TPSA) is 75.7 Å². The van der Waals surface area contributed by atoms with Crippen LogP contribution in [0.4, 0.5) is 5.69 Å². The summed E-state index contributed by atoms with van der Waals surface area (Å²) in [5.74, 6) is 0.328. The number of hydrogen-bond acceptors (Lipinski definition) is 4. The van der Waals surface area contributed by atoms with Gasteiger partial charge >= 0.3 is 0 Å². The highest BCUT2D eigenvalue weighted by Crippen LogP contribution is 2.25. The fourth-order valence-electron chi connectivity index (χ4n) is 3.33. The van der Waals surface area contributed by atoms with Gasteiger partial charge in [-0.1, -0.05) is 18.6 Å². The normalized spacial score (nSPS) is 17.9. The molecule has 1 aliphatic rings. The van der Waals surface area contributed by atoms with Gasteiger partial charge in [0.25, 0.3) is 5.91 Å². The monoisotopic (exact) mass is 402 g/mol. The number of ether oxygens (including phenoxy) is 1. The molecule has 1 heterocycles. The second kappa shape index (κ2) is 8.75. The average Bonchev–Trinajstić information content (AvgIpc) is 2.67. The first-order valence-corrected chi connectivity index (χ1v) is 10.9. The summed E-state index contributed by atoms with van der Waals surface area (Å²) >= 11 is 0.